The second-order valence-electron chi connectivity index (χ2n) is 4.03. The Morgan fingerprint density at radius 2 is 2.00 bits per heavy atom. The number of Topliss-reactive ketones (excluding diaryl/α,β-unsaturated/α-hetero) is 1. The topological polar surface area (TPSA) is 29.1 Å². The van der Waals surface area contributed by atoms with Crippen LogP contribution in [0.4, 0.5) is 8.78 Å². The van der Waals surface area contributed by atoms with Gasteiger partial charge in [0.2, 0.25) is 5.78 Å². The fourth-order valence-electron chi connectivity index (χ4n) is 2.23. The summed E-state index contributed by atoms with van der Waals surface area (Å²) in [5.41, 5.74) is 0. The second kappa shape index (κ2) is 3.01. The quantitative estimate of drug-likeness (QED) is 0.625. The first-order valence-electron chi connectivity index (χ1n) is 4.75. The van der Waals surface area contributed by atoms with Crippen molar-refractivity contribution in [2.45, 2.75) is 50.1 Å². The molecule has 0 spiro atoms. The lowest BCUT2D eigenvalue weighted by Gasteiger charge is -2.27. The zero-order valence-electron chi connectivity index (χ0n) is 7.35. The second-order valence-corrected chi connectivity index (χ2v) is 4.03. The van der Waals surface area contributed by atoms with Crippen LogP contribution in [-0.4, -0.2) is 23.8 Å². The first-order valence-corrected chi connectivity index (χ1v) is 4.75. The Morgan fingerprint density at radius 3 is 2.77 bits per heavy atom. The van der Waals surface area contributed by atoms with E-state index in [4.69, 9.17) is 0 Å². The van der Waals surface area contributed by atoms with E-state index in [0.717, 1.165) is 19.3 Å². The van der Waals surface area contributed by atoms with Crippen molar-refractivity contribution in [3.8, 4) is 0 Å². The SMILES string of the molecule is O=C1CC2CCCC(CC1(F)F)N2. The van der Waals surface area contributed by atoms with Gasteiger partial charge in [0.05, 0.1) is 0 Å². The van der Waals surface area contributed by atoms with E-state index in [9.17, 15) is 13.6 Å². The molecule has 0 aromatic carbocycles. The highest BCUT2D eigenvalue weighted by atomic mass is 19.3. The number of hydrogen-bond acceptors (Lipinski definition) is 2. The van der Waals surface area contributed by atoms with Crippen LogP contribution in [0.1, 0.15) is 32.1 Å². The third-order valence-corrected chi connectivity index (χ3v) is 2.92. The monoisotopic (exact) mass is 189 g/mol. The largest absolute Gasteiger partial charge is 0.311 e. The van der Waals surface area contributed by atoms with E-state index in [-0.39, 0.29) is 24.9 Å². The molecule has 4 heteroatoms. The Morgan fingerprint density at radius 1 is 1.31 bits per heavy atom. The summed E-state index contributed by atoms with van der Waals surface area (Å²) < 4.78 is 26.2. The number of piperidine rings is 1. The van der Waals surface area contributed by atoms with Gasteiger partial charge < -0.3 is 5.32 Å². The Bertz CT molecular complexity index is 230. The highest BCUT2D eigenvalue weighted by Crippen LogP contribution is 2.32. The Labute approximate surface area is 75.7 Å². The number of rotatable bonds is 0. The van der Waals surface area contributed by atoms with Crippen LogP contribution in [0.5, 0.6) is 0 Å². The van der Waals surface area contributed by atoms with Gasteiger partial charge in [-0.15, -0.1) is 0 Å². The highest BCUT2D eigenvalue weighted by molar-refractivity contribution is 5.86. The van der Waals surface area contributed by atoms with Crippen LogP contribution in [0.2, 0.25) is 0 Å². The lowest BCUT2D eigenvalue weighted by atomic mass is 9.98. The molecule has 0 amide bonds. The van der Waals surface area contributed by atoms with Gasteiger partial charge in [0.1, 0.15) is 0 Å². The summed E-state index contributed by atoms with van der Waals surface area (Å²) in [5.74, 6) is -3.97. The van der Waals surface area contributed by atoms with E-state index >= 15 is 0 Å². The Kier molecular flexibility index (Phi) is 2.10. The summed E-state index contributed by atoms with van der Waals surface area (Å²) in [6.45, 7) is 0. The van der Waals surface area contributed by atoms with Gasteiger partial charge in [0.15, 0.2) is 0 Å². The molecule has 13 heavy (non-hydrogen) atoms. The van der Waals surface area contributed by atoms with Crippen molar-refractivity contribution in [2.75, 3.05) is 0 Å². The first-order chi connectivity index (χ1) is 6.08. The minimum Gasteiger partial charge on any atom is -0.311 e. The average Bonchev–Trinajstić information content (AvgIpc) is 2.09. The Balaban J connectivity index is 2.17. The van der Waals surface area contributed by atoms with Gasteiger partial charge in [0, 0.05) is 24.9 Å². The van der Waals surface area contributed by atoms with Gasteiger partial charge in [0.25, 0.3) is 0 Å². The number of hydrogen-bond donors (Lipinski definition) is 1. The van der Waals surface area contributed by atoms with E-state index in [1.165, 1.54) is 0 Å². The van der Waals surface area contributed by atoms with Gasteiger partial charge in [-0.3, -0.25) is 4.79 Å². The van der Waals surface area contributed by atoms with Crippen molar-refractivity contribution in [2.24, 2.45) is 0 Å². The molecule has 2 aliphatic rings. The van der Waals surface area contributed by atoms with Crippen LogP contribution >= 0.6 is 0 Å². The molecule has 2 aliphatic heterocycles. The zero-order valence-corrected chi connectivity index (χ0v) is 7.35. The van der Waals surface area contributed by atoms with Gasteiger partial charge in [-0.25, -0.2) is 0 Å². The van der Waals surface area contributed by atoms with Crippen LogP contribution in [0, 0.1) is 0 Å². The molecule has 0 aromatic heterocycles. The van der Waals surface area contributed by atoms with Gasteiger partial charge in [-0.2, -0.15) is 8.78 Å². The van der Waals surface area contributed by atoms with Crippen LogP contribution in [-0.2, 0) is 4.79 Å². The molecule has 74 valence electrons. The van der Waals surface area contributed by atoms with Crippen molar-refractivity contribution in [3.63, 3.8) is 0 Å². The molecule has 0 saturated carbocycles. The van der Waals surface area contributed by atoms with Gasteiger partial charge in [-0.05, 0) is 12.8 Å². The zero-order chi connectivity index (χ0) is 9.47. The van der Waals surface area contributed by atoms with Crippen molar-refractivity contribution in [3.05, 3.63) is 0 Å². The molecule has 2 unspecified atom stereocenters. The molecular formula is C9H13F2NO. The average molecular weight is 189 g/mol. The fraction of sp³-hybridized carbons (Fsp3) is 0.889. The standard InChI is InChI=1S/C9H13F2NO/c10-9(11)5-7-3-1-2-6(12-7)4-8(9)13/h6-7,12H,1-5H2. The smallest absolute Gasteiger partial charge is 0.306 e. The third-order valence-electron chi connectivity index (χ3n) is 2.92. The molecule has 1 N–H and O–H groups in total. The van der Waals surface area contributed by atoms with Crippen molar-refractivity contribution >= 4 is 5.78 Å². The van der Waals surface area contributed by atoms with Crippen LogP contribution in [0.15, 0.2) is 0 Å². The summed E-state index contributed by atoms with van der Waals surface area (Å²) in [4.78, 5) is 11.1. The summed E-state index contributed by atoms with van der Waals surface area (Å²) in [6.07, 6.45) is 2.30. The molecule has 2 heterocycles. The number of fused-ring (bicyclic) bond motifs is 2. The molecule has 0 radical (unpaired) electrons. The molecular weight excluding hydrogens is 176 g/mol. The minimum atomic E-state index is -3.09. The number of halogens is 2. The van der Waals surface area contributed by atoms with Gasteiger partial charge in [-0.1, -0.05) is 6.42 Å². The molecule has 2 bridgehead atoms. The first kappa shape index (κ1) is 9.06. The van der Waals surface area contributed by atoms with E-state index in [1.54, 1.807) is 0 Å². The third kappa shape index (κ3) is 1.73. The summed E-state index contributed by atoms with van der Waals surface area (Å²) >= 11 is 0. The predicted molar refractivity (Wildman–Crippen MR) is 43.8 cm³/mol. The number of nitrogens with one attached hydrogen (secondary N) is 1. The van der Waals surface area contributed by atoms with Gasteiger partial charge >= 0.3 is 5.92 Å². The predicted octanol–water partition coefficient (Wildman–Crippen LogP) is 1.50. The lowest BCUT2D eigenvalue weighted by molar-refractivity contribution is -0.143. The molecule has 2 fully saturated rings. The summed E-state index contributed by atoms with van der Waals surface area (Å²) in [5, 5.41) is 3.10. The lowest BCUT2D eigenvalue weighted by Crippen LogP contribution is -2.41. The fourth-order valence-corrected chi connectivity index (χ4v) is 2.23. The van der Waals surface area contributed by atoms with E-state index < -0.39 is 11.7 Å². The maximum atomic E-state index is 13.1. The molecule has 0 aliphatic carbocycles. The van der Waals surface area contributed by atoms with Crippen molar-refractivity contribution in [1.29, 1.82) is 0 Å². The maximum Gasteiger partial charge on any atom is 0.306 e. The number of alkyl halides is 2. The number of carbonyl (C=O) groups excluding carboxylic acids is 1. The van der Waals surface area contributed by atoms with Crippen LogP contribution in [0.3, 0.4) is 0 Å². The van der Waals surface area contributed by atoms with Crippen LogP contribution < -0.4 is 5.32 Å². The number of ketones is 1. The minimum absolute atomic E-state index is 0.000347. The molecule has 2 nitrogen and oxygen atoms in total. The summed E-state index contributed by atoms with van der Waals surface area (Å²) in [6, 6.07) is -0.153. The maximum absolute atomic E-state index is 13.1. The van der Waals surface area contributed by atoms with E-state index in [1.807, 2.05) is 0 Å². The van der Waals surface area contributed by atoms with E-state index in [2.05, 4.69) is 5.32 Å². The molecule has 0 aromatic rings. The normalized spacial score (nSPS) is 38.5. The number of carbonyl (C=O) groups is 1. The molecule has 2 saturated heterocycles. The highest BCUT2D eigenvalue weighted by Gasteiger charge is 2.45. The van der Waals surface area contributed by atoms with E-state index in [0.29, 0.717) is 0 Å². The van der Waals surface area contributed by atoms with Crippen LogP contribution in [0.25, 0.3) is 0 Å². The molecule has 2 atom stereocenters. The summed E-state index contributed by atoms with van der Waals surface area (Å²) in [7, 11) is 0. The van der Waals surface area contributed by atoms with Crippen molar-refractivity contribution in [1.82, 2.24) is 5.32 Å². The Hall–Kier alpha value is -0.510. The van der Waals surface area contributed by atoms with Crippen molar-refractivity contribution < 1.29 is 13.6 Å². The molecule has 2 rings (SSSR count).